The first-order valence-electron chi connectivity index (χ1n) is 8.53. The first-order valence-corrected chi connectivity index (χ1v) is 8.53. The van der Waals surface area contributed by atoms with Gasteiger partial charge in [-0.05, 0) is 23.8 Å². The molecule has 2 amide bonds. The molecule has 1 atom stereocenters. The number of hydrogen-bond donors (Lipinski definition) is 3. The summed E-state index contributed by atoms with van der Waals surface area (Å²) in [7, 11) is 2.89. The van der Waals surface area contributed by atoms with E-state index in [2.05, 4.69) is 10.6 Å². The molecule has 0 saturated carbocycles. The van der Waals surface area contributed by atoms with Crippen LogP contribution >= 0.6 is 0 Å². The van der Waals surface area contributed by atoms with E-state index in [4.69, 9.17) is 9.47 Å². The molecule has 0 unspecified atom stereocenters. The van der Waals surface area contributed by atoms with Crippen molar-refractivity contribution in [2.75, 3.05) is 20.8 Å². The average Bonchev–Trinajstić information content (AvgIpc) is 2.71. The van der Waals surface area contributed by atoms with Crippen molar-refractivity contribution in [3.63, 3.8) is 0 Å². The third kappa shape index (κ3) is 5.73. The van der Waals surface area contributed by atoms with E-state index in [0.29, 0.717) is 5.75 Å². The minimum Gasteiger partial charge on any atom is -0.493 e. The maximum absolute atomic E-state index is 12.5. The number of carboxylic acid groups (broad SMARTS) is 1. The summed E-state index contributed by atoms with van der Waals surface area (Å²) < 4.78 is 10.5. The lowest BCUT2D eigenvalue weighted by atomic mass is 10.1. The number of aliphatic carboxylic acids is 1. The highest BCUT2D eigenvalue weighted by atomic mass is 16.5. The molecule has 0 fully saturated rings. The number of carbonyl (C=O) groups excluding carboxylic acids is 2. The van der Waals surface area contributed by atoms with E-state index in [1.807, 2.05) is 6.07 Å². The van der Waals surface area contributed by atoms with Gasteiger partial charge in [0, 0.05) is 19.0 Å². The number of carbonyl (C=O) groups is 3. The molecule has 8 heteroatoms. The van der Waals surface area contributed by atoms with Crippen LogP contribution in [-0.4, -0.2) is 49.7 Å². The average molecular weight is 386 g/mol. The van der Waals surface area contributed by atoms with E-state index < -0.39 is 17.9 Å². The summed E-state index contributed by atoms with van der Waals surface area (Å²) in [5, 5.41) is 14.4. The molecule has 0 spiro atoms. The number of ether oxygens (including phenoxy) is 2. The minimum atomic E-state index is -1.13. The van der Waals surface area contributed by atoms with Crippen LogP contribution < -0.4 is 20.1 Å². The highest BCUT2D eigenvalue weighted by molar-refractivity contribution is 5.97. The highest BCUT2D eigenvalue weighted by Gasteiger charge is 2.22. The molecule has 2 aromatic carbocycles. The number of carboxylic acids is 1. The van der Waals surface area contributed by atoms with Crippen LogP contribution in [0.5, 0.6) is 11.5 Å². The highest BCUT2D eigenvalue weighted by Crippen LogP contribution is 2.28. The normalized spacial score (nSPS) is 11.2. The smallest absolute Gasteiger partial charge is 0.326 e. The molecule has 0 aromatic heterocycles. The van der Waals surface area contributed by atoms with Gasteiger partial charge in [0.2, 0.25) is 0 Å². The second kappa shape index (κ2) is 9.96. The Bertz CT molecular complexity index is 838. The zero-order valence-corrected chi connectivity index (χ0v) is 15.6. The van der Waals surface area contributed by atoms with Crippen LogP contribution in [-0.2, 0) is 16.0 Å². The Labute approximate surface area is 162 Å². The molecule has 0 radical (unpaired) electrons. The van der Waals surface area contributed by atoms with Crippen molar-refractivity contribution in [2.24, 2.45) is 0 Å². The van der Waals surface area contributed by atoms with Gasteiger partial charge in [-0.3, -0.25) is 9.59 Å². The first kappa shape index (κ1) is 20.8. The van der Waals surface area contributed by atoms with E-state index >= 15 is 0 Å². The van der Waals surface area contributed by atoms with E-state index in [-0.39, 0.29) is 30.2 Å². The van der Waals surface area contributed by atoms with E-state index in [0.717, 1.165) is 5.56 Å². The standard InChI is InChI=1S/C20H22N2O6/c1-21-18(23)12-28-16-9-8-14(11-17(16)27-2)19(24)22-15(20(25)26)10-13-6-4-3-5-7-13/h3-9,11,15H,10,12H2,1-2H3,(H,21,23)(H,22,24)(H,25,26)/t15-/m0/s1. The predicted molar refractivity (Wildman–Crippen MR) is 102 cm³/mol. The molecule has 0 aliphatic rings. The number of benzene rings is 2. The maximum Gasteiger partial charge on any atom is 0.326 e. The maximum atomic E-state index is 12.5. The van der Waals surface area contributed by atoms with Crippen LogP contribution in [0.3, 0.4) is 0 Å². The van der Waals surface area contributed by atoms with Crippen LogP contribution in [0.4, 0.5) is 0 Å². The van der Waals surface area contributed by atoms with Gasteiger partial charge in [-0.1, -0.05) is 30.3 Å². The summed E-state index contributed by atoms with van der Waals surface area (Å²) in [6, 6.07) is 12.3. The Morgan fingerprint density at radius 2 is 1.79 bits per heavy atom. The van der Waals surface area contributed by atoms with Gasteiger partial charge in [0.25, 0.3) is 11.8 Å². The number of nitrogens with one attached hydrogen (secondary N) is 2. The SMILES string of the molecule is CNC(=O)COc1ccc(C(=O)N[C@@H](Cc2ccccc2)C(=O)O)cc1OC. The van der Waals surface area contributed by atoms with E-state index in [9.17, 15) is 19.5 Å². The Balaban J connectivity index is 2.11. The van der Waals surface area contributed by atoms with Crippen molar-refractivity contribution in [1.82, 2.24) is 10.6 Å². The summed E-state index contributed by atoms with van der Waals surface area (Å²) in [4.78, 5) is 35.3. The van der Waals surface area contributed by atoms with Gasteiger partial charge in [0.05, 0.1) is 7.11 Å². The second-order valence-corrected chi connectivity index (χ2v) is 5.88. The van der Waals surface area contributed by atoms with Gasteiger partial charge in [-0.25, -0.2) is 4.79 Å². The van der Waals surface area contributed by atoms with Gasteiger partial charge < -0.3 is 25.2 Å². The number of amides is 2. The summed E-state index contributed by atoms with van der Waals surface area (Å²) in [5.41, 5.74) is 1.01. The monoisotopic (exact) mass is 386 g/mol. The third-order valence-corrected chi connectivity index (χ3v) is 3.95. The van der Waals surface area contributed by atoms with Crippen molar-refractivity contribution in [3.8, 4) is 11.5 Å². The fraction of sp³-hybridized carbons (Fsp3) is 0.250. The van der Waals surface area contributed by atoms with Crippen LogP contribution in [0.25, 0.3) is 0 Å². The molecule has 2 rings (SSSR count). The Morgan fingerprint density at radius 1 is 1.07 bits per heavy atom. The molecule has 0 saturated heterocycles. The zero-order valence-electron chi connectivity index (χ0n) is 15.6. The summed E-state index contributed by atoms with van der Waals surface area (Å²) in [6.07, 6.45) is 0.159. The van der Waals surface area contributed by atoms with Crippen LogP contribution in [0.2, 0.25) is 0 Å². The van der Waals surface area contributed by atoms with Crippen LogP contribution in [0.1, 0.15) is 15.9 Å². The second-order valence-electron chi connectivity index (χ2n) is 5.88. The summed E-state index contributed by atoms with van der Waals surface area (Å²) in [5.74, 6) is -1.45. The Hall–Kier alpha value is -3.55. The van der Waals surface area contributed by atoms with Crippen molar-refractivity contribution >= 4 is 17.8 Å². The lowest BCUT2D eigenvalue weighted by Gasteiger charge is -2.16. The topological polar surface area (TPSA) is 114 Å². The molecule has 0 aliphatic carbocycles. The number of hydrogen-bond acceptors (Lipinski definition) is 5. The van der Waals surface area contributed by atoms with E-state index in [1.165, 1.54) is 32.4 Å². The number of methoxy groups -OCH3 is 1. The zero-order chi connectivity index (χ0) is 20.5. The first-order chi connectivity index (χ1) is 13.4. The molecule has 2 aromatic rings. The number of likely N-dealkylation sites (N-methyl/N-ethyl adjacent to an activating group) is 1. The fourth-order valence-electron chi connectivity index (χ4n) is 2.43. The van der Waals surface area contributed by atoms with Crippen molar-refractivity contribution < 1.29 is 29.0 Å². The van der Waals surface area contributed by atoms with Crippen molar-refractivity contribution in [2.45, 2.75) is 12.5 Å². The lowest BCUT2D eigenvalue weighted by Crippen LogP contribution is -2.42. The largest absolute Gasteiger partial charge is 0.493 e. The van der Waals surface area contributed by atoms with Gasteiger partial charge in [-0.2, -0.15) is 0 Å². The molecular formula is C20H22N2O6. The molecular weight excluding hydrogens is 364 g/mol. The molecule has 0 bridgehead atoms. The Morgan fingerprint density at radius 3 is 2.39 bits per heavy atom. The fourth-order valence-corrected chi connectivity index (χ4v) is 2.43. The summed E-state index contributed by atoms with van der Waals surface area (Å²) in [6.45, 7) is -0.198. The lowest BCUT2D eigenvalue weighted by molar-refractivity contribution is -0.139. The summed E-state index contributed by atoms with van der Waals surface area (Å²) >= 11 is 0. The Kier molecular flexibility index (Phi) is 7.38. The van der Waals surface area contributed by atoms with Gasteiger partial charge in [0.1, 0.15) is 6.04 Å². The predicted octanol–water partition coefficient (Wildman–Crippen LogP) is 1.25. The molecule has 0 aliphatic heterocycles. The van der Waals surface area contributed by atoms with Crippen LogP contribution in [0.15, 0.2) is 48.5 Å². The molecule has 3 N–H and O–H groups in total. The van der Waals surface area contributed by atoms with Gasteiger partial charge in [-0.15, -0.1) is 0 Å². The van der Waals surface area contributed by atoms with Crippen LogP contribution in [0, 0.1) is 0 Å². The molecule has 28 heavy (non-hydrogen) atoms. The molecule has 148 valence electrons. The third-order valence-electron chi connectivity index (χ3n) is 3.95. The number of rotatable bonds is 9. The molecule has 8 nitrogen and oxygen atoms in total. The van der Waals surface area contributed by atoms with Gasteiger partial charge >= 0.3 is 5.97 Å². The minimum absolute atomic E-state index is 0.159. The van der Waals surface area contributed by atoms with Crippen molar-refractivity contribution in [1.29, 1.82) is 0 Å². The molecule has 0 heterocycles. The van der Waals surface area contributed by atoms with Crippen molar-refractivity contribution in [3.05, 3.63) is 59.7 Å². The van der Waals surface area contributed by atoms with E-state index in [1.54, 1.807) is 24.3 Å². The quantitative estimate of drug-likeness (QED) is 0.598. The van der Waals surface area contributed by atoms with Gasteiger partial charge in [0.15, 0.2) is 18.1 Å².